The zero-order valence-electron chi connectivity index (χ0n) is 13.2. The number of nitrogens with one attached hydrogen (secondary N) is 2. The maximum Gasteiger partial charge on any atom is 0.191 e. The van der Waals surface area contributed by atoms with Crippen molar-refractivity contribution in [1.82, 2.24) is 15.5 Å². The molecule has 2 N–H and O–H groups in total. The fourth-order valence-electron chi connectivity index (χ4n) is 2.84. The van der Waals surface area contributed by atoms with E-state index in [4.69, 9.17) is 4.99 Å². The Morgan fingerprint density at radius 2 is 2.05 bits per heavy atom. The predicted octanol–water partition coefficient (Wildman–Crippen LogP) is 2.58. The van der Waals surface area contributed by atoms with Crippen molar-refractivity contribution >= 4 is 29.9 Å². The average molecular weight is 394 g/mol. The highest BCUT2D eigenvalue weighted by Gasteiger charge is 2.24. The van der Waals surface area contributed by atoms with E-state index in [2.05, 4.69) is 36.3 Å². The Labute approximate surface area is 141 Å². The molecule has 1 aliphatic heterocycles. The van der Waals surface area contributed by atoms with E-state index in [1.807, 2.05) is 0 Å². The molecule has 2 aliphatic rings. The maximum absolute atomic E-state index is 4.76. The summed E-state index contributed by atoms with van der Waals surface area (Å²) in [6.07, 6.45) is 6.67. The lowest BCUT2D eigenvalue weighted by molar-refractivity contribution is 0.118. The number of halogens is 1. The molecule has 4 nitrogen and oxygen atoms in total. The Morgan fingerprint density at radius 3 is 2.65 bits per heavy atom. The van der Waals surface area contributed by atoms with Gasteiger partial charge in [-0.05, 0) is 53.0 Å². The highest BCUT2D eigenvalue weighted by Crippen LogP contribution is 2.20. The first-order valence-electron chi connectivity index (χ1n) is 8.01. The number of hydrogen-bond donors (Lipinski definition) is 2. The summed E-state index contributed by atoms with van der Waals surface area (Å²) in [5.41, 5.74) is 0. The molecule has 20 heavy (non-hydrogen) atoms. The van der Waals surface area contributed by atoms with Gasteiger partial charge in [-0.2, -0.15) is 0 Å². The van der Waals surface area contributed by atoms with Crippen LogP contribution in [0.2, 0.25) is 0 Å². The number of rotatable bonds is 5. The van der Waals surface area contributed by atoms with Crippen LogP contribution in [0.15, 0.2) is 4.99 Å². The largest absolute Gasteiger partial charge is 0.357 e. The summed E-state index contributed by atoms with van der Waals surface area (Å²) in [7, 11) is 0. The molecule has 0 spiro atoms. The minimum Gasteiger partial charge on any atom is -0.357 e. The van der Waals surface area contributed by atoms with Gasteiger partial charge in [-0.25, -0.2) is 0 Å². The Bertz CT molecular complexity index is 304. The van der Waals surface area contributed by atoms with Crippen LogP contribution in [0.1, 0.15) is 52.9 Å². The van der Waals surface area contributed by atoms with Gasteiger partial charge >= 0.3 is 0 Å². The topological polar surface area (TPSA) is 39.7 Å². The van der Waals surface area contributed by atoms with Crippen LogP contribution in [0.5, 0.6) is 0 Å². The normalized spacial score (nSPS) is 25.8. The SMILES string of the molecule is CCNC(=NCC(C)N1CCCCC1C)NC1CC1.I. The van der Waals surface area contributed by atoms with Crippen LogP contribution in [0.25, 0.3) is 0 Å². The molecule has 0 aromatic rings. The molecule has 0 radical (unpaired) electrons. The van der Waals surface area contributed by atoms with Gasteiger partial charge in [0, 0.05) is 24.7 Å². The number of likely N-dealkylation sites (tertiary alicyclic amines) is 1. The van der Waals surface area contributed by atoms with Crippen LogP contribution in [0.4, 0.5) is 0 Å². The Kier molecular flexibility index (Phi) is 8.17. The standard InChI is InChI=1S/C15H30N4.HI/c1-4-16-15(18-14-8-9-14)17-11-13(3)19-10-6-5-7-12(19)2;/h12-14H,4-11H2,1-3H3,(H2,16,17,18);1H. The quantitative estimate of drug-likeness (QED) is 0.428. The lowest BCUT2D eigenvalue weighted by Gasteiger charge is -2.37. The van der Waals surface area contributed by atoms with Crippen molar-refractivity contribution in [2.24, 2.45) is 4.99 Å². The van der Waals surface area contributed by atoms with Gasteiger partial charge in [0.05, 0.1) is 6.54 Å². The average Bonchev–Trinajstić information content (AvgIpc) is 3.20. The van der Waals surface area contributed by atoms with Gasteiger partial charge in [0.1, 0.15) is 0 Å². The summed E-state index contributed by atoms with van der Waals surface area (Å²) in [5, 5.41) is 6.83. The van der Waals surface area contributed by atoms with E-state index in [-0.39, 0.29) is 24.0 Å². The molecule has 1 saturated heterocycles. The van der Waals surface area contributed by atoms with Crippen molar-refractivity contribution in [3.63, 3.8) is 0 Å². The van der Waals surface area contributed by atoms with Gasteiger partial charge in [0.15, 0.2) is 5.96 Å². The molecule has 0 bridgehead atoms. The first kappa shape index (κ1) is 18.0. The smallest absolute Gasteiger partial charge is 0.191 e. The van der Waals surface area contributed by atoms with Gasteiger partial charge < -0.3 is 10.6 Å². The summed E-state index contributed by atoms with van der Waals surface area (Å²) in [4.78, 5) is 7.37. The number of nitrogens with zero attached hydrogens (tertiary/aromatic N) is 2. The molecule has 2 fully saturated rings. The molecule has 5 heteroatoms. The second-order valence-corrected chi connectivity index (χ2v) is 6.07. The van der Waals surface area contributed by atoms with Crippen molar-refractivity contribution in [2.45, 2.75) is 71.0 Å². The summed E-state index contributed by atoms with van der Waals surface area (Å²) in [5.74, 6) is 1.00. The summed E-state index contributed by atoms with van der Waals surface area (Å²) in [6.45, 7) is 9.86. The zero-order valence-corrected chi connectivity index (χ0v) is 15.5. The summed E-state index contributed by atoms with van der Waals surface area (Å²) >= 11 is 0. The number of guanidine groups is 1. The van der Waals surface area contributed by atoms with Gasteiger partial charge in [0.25, 0.3) is 0 Å². The van der Waals surface area contributed by atoms with Gasteiger partial charge in [0.2, 0.25) is 0 Å². The third-order valence-electron chi connectivity index (χ3n) is 4.20. The van der Waals surface area contributed by atoms with Crippen LogP contribution in [-0.2, 0) is 0 Å². The highest BCUT2D eigenvalue weighted by atomic mass is 127. The third-order valence-corrected chi connectivity index (χ3v) is 4.20. The van der Waals surface area contributed by atoms with Crippen molar-refractivity contribution in [2.75, 3.05) is 19.6 Å². The van der Waals surface area contributed by atoms with Crippen LogP contribution in [-0.4, -0.2) is 48.6 Å². The molecule has 0 aromatic carbocycles. The van der Waals surface area contributed by atoms with Crippen LogP contribution >= 0.6 is 24.0 Å². The first-order chi connectivity index (χ1) is 9.20. The second-order valence-electron chi connectivity index (χ2n) is 6.07. The van der Waals surface area contributed by atoms with E-state index >= 15 is 0 Å². The maximum atomic E-state index is 4.76. The number of piperidine rings is 1. The molecule has 1 aliphatic carbocycles. The first-order valence-corrected chi connectivity index (χ1v) is 8.01. The molecule has 118 valence electrons. The molecule has 1 saturated carbocycles. The molecule has 0 aromatic heterocycles. The monoisotopic (exact) mass is 394 g/mol. The van der Waals surface area contributed by atoms with Gasteiger partial charge in [-0.3, -0.25) is 9.89 Å². The Hall–Kier alpha value is -0.0400. The van der Waals surface area contributed by atoms with Gasteiger partial charge in [-0.15, -0.1) is 24.0 Å². The van der Waals surface area contributed by atoms with Crippen molar-refractivity contribution < 1.29 is 0 Å². The molecule has 1 heterocycles. The Morgan fingerprint density at radius 1 is 1.30 bits per heavy atom. The molecule has 2 unspecified atom stereocenters. The molecular formula is C15H31IN4. The van der Waals surface area contributed by atoms with Crippen molar-refractivity contribution in [3.8, 4) is 0 Å². The lowest BCUT2D eigenvalue weighted by atomic mass is 10.0. The molecule has 0 amide bonds. The molecule has 2 atom stereocenters. The highest BCUT2D eigenvalue weighted by molar-refractivity contribution is 14.0. The minimum atomic E-state index is 0. The molecular weight excluding hydrogens is 363 g/mol. The number of hydrogen-bond acceptors (Lipinski definition) is 2. The van der Waals surface area contributed by atoms with E-state index in [0.29, 0.717) is 12.1 Å². The summed E-state index contributed by atoms with van der Waals surface area (Å²) < 4.78 is 0. The lowest BCUT2D eigenvalue weighted by Crippen LogP contribution is -2.46. The van der Waals surface area contributed by atoms with Gasteiger partial charge in [-0.1, -0.05) is 6.42 Å². The molecule has 2 rings (SSSR count). The van der Waals surface area contributed by atoms with E-state index < -0.39 is 0 Å². The minimum absolute atomic E-state index is 0. The van der Waals surface area contributed by atoms with Crippen molar-refractivity contribution in [3.05, 3.63) is 0 Å². The van der Waals surface area contributed by atoms with E-state index in [9.17, 15) is 0 Å². The Balaban J connectivity index is 0.00000200. The predicted molar refractivity (Wildman–Crippen MR) is 97.0 cm³/mol. The zero-order chi connectivity index (χ0) is 13.7. The number of aliphatic imine (C=N–C) groups is 1. The fraction of sp³-hybridized carbons (Fsp3) is 0.933. The fourth-order valence-corrected chi connectivity index (χ4v) is 2.84. The van der Waals surface area contributed by atoms with E-state index in [1.165, 1.54) is 38.6 Å². The van der Waals surface area contributed by atoms with E-state index in [1.54, 1.807) is 0 Å². The van der Waals surface area contributed by atoms with Crippen molar-refractivity contribution in [1.29, 1.82) is 0 Å². The van der Waals surface area contributed by atoms with Crippen LogP contribution in [0, 0.1) is 0 Å². The summed E-state index contributed by atoms with van der Waals surface area (Å²) in [6, 6.07) is 1.94. The van der Waals surface area contributed by atoms with Crippen LogP contribution in [0.3, 0.4) is 0 Å². The second kappa shape index (κ2) is 9.07. The van der Waals surface area contributed by atoms with Crippen LogP contribution < -0.4 is 10.6 Å². The van der Waals surface area contributed by atoms with E-state index in [0.717, 1.165) is 25.1 Å². The third kappa shape index (κ3) is 5.76.